The number of phosphoric ester groups is 2. The van der Waals surface area contributed by atoms with Crippen molar-refractivity contribution in [1.29, 1.82) is 0 Å². The summed E-state index contributed by atoms with van der Waals surface area (Å²) in [6.07, 6.45) is -24.3. The van der Waals surface area contributed by atoms with E-state index < -0.39 is 220 Å². The maximum absolute atomic E-state index is 16.8. The molecule has 0 radical (unpaired) electrons. The third kappa shape index (κ3) is 23.2. The Morgan fingerprint density at radius 1 is 0.431 bits per heavy atom. The lowest BCUT2D eigenvalue weighted by Crippen LogP contribution is -2.50. The van der Waals surface area contributed by atoms with Gasteiger partial charge in [-0.2, -0.15) is 26.3 Å². The number of nitrogens with zero attached hydrogens (tertiary/aromatic N) is 9. The van der Waals surface area contributed by atoms with E-state index in [0.717, 1.165) is 98.4 Å². The van der Waals surface area contributed by atoms with Gasteiger partial charge in [0.2, 0.25) is 0 Å². The molecule has 14 atom stereocenters. The fraction of sp³-hybridized carbons (Fsp3) is 0.449. The number of halogens is 6. The average molecular weight is 1890 g/mol. The second kappa shape index (κ2) is 41.6. The molecule has 0 amide bonds. The first kappa shape index (κ1) is 98.4. The maximum Gasteiger partial charge on any atom is 0.475 e. The summed E-state index contributed by atoms with van der Waals surface area (Å²) in [5, 5.41) is -1.01. The molecule has 10 aromatic rings. The number of hydrogen-bond acceptors (Lipinski definition) is 26. The van der Waals surface area contributed by atoms with Crippen molar-refractivity contribution in [1.82, 2.24) is 37.8 Å². The number of anilines is 1. The zero-order valence-corrected chi connectivity index (χ0v) is 77.8. The Kier molecular flexibility index (Phi) is 31.4. The molecule has 7 heterocycles. The fourth-order valence-corrected chi connectivity index (χ4v) is 19.8. The summed E-state index contributed by atoms with van der Waals surface area (Å²) in [5.41, 5.74) is -3.43. The molecule has 3 saturated heterocycles. The highest BCUT2D eigenvalue weighted by Gasteiger charge is 2.58. The van der Waals surface area contributed by atoms with E-state index in [9.17, 15) is 14.4 Å². The summed E-state index contributed by atoms with van der Waals surface area (Å²) in [5.74, 6) is 0.455. The average Bonchev–Trinajstić information content (AvgIpc) is 1.60. The fourth-order valence-electron chi connectivity index (χ4n) is 14.8. The third-order valence-electron chi connectivity index (χ3n) is 23.8. The Labute approximate surface area is 748 Å². The van der Waals surface area contributed by atoms with Crippen molar-refractivity contribution >= 4 is 49.3 Å². The molecule has 0 bridgehead atoms. The van der Waals surface area contributed by atoms with Gasteiger partial charge in [-0.1, -0.05) is 199 Å². The van der Waals surface area contributed by atoms with Crippen LogP contribution in [0.15, 0.2) is 226 Å². The van der Waals surface area contributed by atoms with E-state index in [4.69, 9.17) is 88.8 Å². The van der Waals surface area contributed by atoms with Crippen LogP contribution in [-0.2, 0) is 148 Å². The van der Waals surface area contributed by atoms with Gasteiger partial charge in [-0.3, -0.25) is 50.4 Å². The van der Waals surface area contributed by atoms with E-state index in [1.807, 2.05) is 128 Å². The van der Waals surface area contributed by atoms with Crippen molar-refractivity contribution < 1.29 is 109 Å². The molecule has 6 aromatic carbocycles. The Balaban J connectivity index is 0.909. The Morgan fingerprint density at radius 3 is 1.22 bits per heavy atom. The predicted octanol–water partition coefficient (Wildman–Crippen LogP) is 16.1. The van der Waals surface area contributed by atoms with Crippen molar-refractivity contribution in [2.45, 2.75) is 217 Å². The molecular formula is C89H107F6N9O22P2Si2. The standard InChI is InChI=1S/C89H107F6N9O22P2Si2/c1-86(2,3)129(10,11)120-54-69-74(77(112-8)82(123-69)101-45-43-71(106)104(85(101)108)58-115-49-62-36-24-17-25-37-62)125-127(109,116-50-63-38-26-28-40-65(63)88(90,91)92)118-52-67-73(76(111-7)81(121-67)100-44-42-70(105)103(84(100)107)57-114-48-61-34-22-16-23-35-61)124-128(110,117-51-64-39-27-29-41-66(64)89(93,94)95)119-53-68-75(126-130(12,13)87(4,5)6)78(113-9)83(122-68)102-56-98-72-79(96-55-97-80(72)102)99(46-59-30-18-14-19-31-59)47-60-32-20-15-21-33-60/h14-45,55-56,67-69,73-78,81-83H,46-54,57-58H2,1-13H3/t67-,68-,69-,73-,74-,75-,76-,77-,78-,81-,82-,83-,127?,128?/m1/s1. The predicted molar refractivity (Wildman–Crippen MR) is 469 cm³/mol. The minimum absolute atomic E-state index is 0.0181. The molecular weight excluding hydrogens is 1780 g/mol. The molecule has 31 nitrogen and oxygen atoms in total. The summed E-state index contributed by atoms with van der Waals surface area (Å²) in [4.78, 5) is 73.9. The topological polar surface area (TPSA) is 317 Å². The van der Waals surface area contributed by atoms with Gasteiger partial charge in [-0.15, -0.1) is 0 Å². The molecule has 3 fully saturated rings. The van der Waals surface area contributed by atoms with Gasteiger partial charge >= 0.3 is 39.4 Å². The van der Waals surface area contributed by atoms with Gasteiger partial charge in [0.25, 0.3) is 11.1 Å². The lowest BCUT2D eigenvalue weighted by atomic mass is 10.1. The van der Waals surface area contributed by atoms with Crippen molar-refractivity contribution in [2.75, 3.05) is 46.0 Å². The van der Waals surface area contributed by atoms with Crippen LogP contribution in [0.4, 0.5) is 32.2 Å². The molecule has 0 aliphatic carbocycles. The van der Waals surface area contributed by atoms with Gasteiger partial charge in [0.1, 0.15) is 74.7 Å². The first-order valence-electron chi connectivity index (χ1n) is 41.9. The van der Waals surface area contributed by atoms with E-state index >= 15 is 40.3 Å². The summed E-state index contributed by atoms with van der Waals surface area (Å²) in [6, 6.07) is 47.6. The number of phosphoric acid groups is 2. The summed E-state index contributed by atoms with van der Waals surface area (Å²) in [6.45, 7) is 14.1. The Bertz CT molecular complexity index is 5780. The van der Waals surface area contributed by atoms with Crippen LogP contribution in [-0.4, -0.2) is 151 Å². The highest BCUT2D eigenvalue weighted by molar-refractivity contribution is 7.48. The number of fused-ring (bicyclic) bond motifs is 1. The number of methoxy groups -OCH3 is 3. The van der Waals surface area contributed by atoms with Crippen molar-refractivity contribution in [3.05, 3.63) is 293 Å². The van der Waals surface area contributed by atoms with Gasteiger partial charge in [0.15, 0.2) is 52.3 Å². The largest absolute Gasteiger partial charge is 0.475 e. The lowest BCUT2D eigenvalue weighted by Gasteiger charge is -2.40. The van der Waals surface area contributed by atoms with Crippen molar-refractivity contribution in [3.8, 4) is 0 Å². The molecule has 700 valence electrons. The van der Waals surface area contributed by atoms with Gasteiger partial charge in [-0.25, -0.2) is 42.8 Å². The van der Waals surface area contributed by atoms with E-state index in [2.05, 4.69) is 4.90 Å². The quantitative estimate of drug-likeness (QED) is 0.0196. The number of rotatable bonds is 40. The monoisotopic (exact) mass is 1890 g/mol. The van der Waals surface area contributed by atoms with Crippen molar-refractivity contribution in [3.63, 3.8) is 0 Å². The maximum atomic E-state index is 16.8. The highest BCUT2D eigenvalue weighted by Crippen LogP contribution is 2.59. The molecule has 0 spiro atoms. The number of ether oxygens (including phenoxy) is 8. The van der Waals surface area contributed by atoms with Crippen LogP contribution >= 0.6 is 15.6 Å². The number of hydrogen-bond donors (Lipinski definition) is 0. The van der Waals surface area contributed by atoms with Crippen LogP contribution in [0.2, 0.25) is 36.3 Å². The zero-order valence-electron chi connectivity index (χ0n) is 74.0. The second-order valence-electron chi connectivity index (χ2n) is 34.5. The van der Waals surface area contributed by atoms with Crippen LogP contribution in [0.25, 0.3) is 11.2 Å². The Hall–Kier alpha value is -9.14. The first-order chi connectivity index (χ1) is 61.7. The first-order valence-corrected chi connectivity index (χ1v) is 50.6. The minimum atomic E-state index is -5.76. The number of benzene rings is 6. The number of imidazole rings is 1. The third-order valence-corrected chi connectivity index (χ3v) is 35.6. The van der Waals surface area contributed by atoms with Crippen LogP contribution in [0.5, 0.6) is 0 Å². The number of alkyl halides is 6. The smallest absolute Gasteiger partial charge is 0.414 e. The van der Waals surface area contributed by atoms with E-state index in [1.165, 1.54) is 39.0 Å². The van der Waals surface area contributed by atoms with Crippen LogP contribution < -0.4 is 27.4 Å². The number of aromatic nitrogens is 8. The summed E-state index contributed by atoms with van der Waals surface area (Å²) in [7, 11) is -13.7. The van der Waals surface area contributed by atoms with E-state index in [1.54, 1.807) is 65.2 Å². The molecule has 0 N–H and O–H groups in total. The summed E-state index contributed by atoms with van der Waals surface area (Å²) >= 11 is 0. The molecule has 2 unspecified atom stereocenters. The van der Waals surface area contributed by atoms with E-state index in [-0.39, 0.29) is 18.9 Å². The molecule has 13 rings (SSSR count). The second-order valence-corrected chi connectivity index (χ2v) is 47.3. The normalized spacial score (nSPS) is 22.1. The zero-order chi connectivity index (χ0) is 93.3. The molecule has 3 aliphatic rings. The van der Waals surface area contributed by atoms with Gasteiger partial charge in [-0.05, 0) is 81.8 Å². The van der Waals surface area contributed by atoms with Gasteiger partial charge < -0.3 is 51.6 Å². The van der Waals surface area contributed by atoms with Crippen LogP contribution in [0, 0.1) is 0 Å². The SMILES string of the molecule is CO[C@@H]1[C@H](OP(=O)(OCc2ccccc2C(F)(F)F)OC[C@H]2O[C@@H](n3ccc(=O)n(COCc4ccccc4)c3=O)[C@H](OC)[C@@H]2OP(=O)(OCc2ccccc2C(F)(F)F)OC[C@H]2O[C@@H](n3cnc4c(N(Cc5ccccc5)Cc5ccccc5)ncnc43)[C@H](OC)[C@@H]2O[Si](C)(C)C(C)(C)C)[C@@H](CO[Si](C)(C)C(C)(C)C)O[C@H]1n1ccc(=O)n(COCc2ccccc2)c1=O. The Morgan fingerprint density at radius 2 is 0.808 bits per heavy atom. The van der Waals surface area contributed by atoms with Crippen LogP contribution in [0.1, 0.15) is 105 Å². The van der Waals surface area contributed by atoms with Gasteiger partial charge in [0, 0.05) is 58.9 Å². The van der Waals surface area contributed by atoms with Crippen molar-refractivity contribution in [2.24, 2.45) is 0 Å². The summed E-state index contributed by atoms with van der Waals surface area (Å²) < 4.78 is 233. The molecule has 3 aliphatic heterocycles. The van der Waals surface area contributed by atoms with Gasteiger partial charge in [0.05, 0.1) is 63.7 Å². The minimum Gasteiger partial charge on any atom is -0.414 e. The molecule has 0 saturated carbocycles. The lowest BCUT2D eigenvalue weighted by molar-refractivity contribution is -0.139. The van der Waals surface area contributed by atoms with E-state index in [0.29, 0.717) is 34.6 Å². The highest BCUT2D eigenvalue weighted by atomic mass is 31.2. The molecule has 130 heavy (non-hydrogen) atoms. The molecule has 41 heteroatoms. The van der Waals surface area contributed by atoms with Crippen LogP contribution in [0.3, 0.4) is 0 Å². The molecule has 4 aromatic heterocycles.